The van der Waals surface area contributed by atoms with E-state index in [0.717, 1.165) is 35.3 Å². The summed E-state index contributed by atoms with van der Waals surface area (Å²) in [6.45, 7) is 7.35. The largest absolute Gasteiger partial charge is 0.387 e. The quantitative estimate of drug-likeness (QED) is 0.829. The van der Waals surface area contributed by atoms with E-state index in [1.165, 1.54) is 19.4 Å². The molecule has 1 aliphatic carbocycles. The van der Waals surface area contributed by atoms with E-state index in [9.17, 15) is 9.90 Å². The number of rotatable bonds is 3. The fourth-order valence-corrected chi connectivity index (χ4v) is 4.55. The Kier molecular flexibility index (Phi) is 4.89. The fourth-order valence-electron chi connectivity index (χ4n) is 4.55. The molecule has 1 atom stereocenters. The number of anilines is 2. The standard InChI is InChI=1S/C22H29FN4O2/c1-13-5-6-15-18(13)25-20-16(19(15)24-4)11-14(12-17(20)23)26-7-9-27(10-8-26)21(28)22(2,3)29/h11-13,29H,5-10H2,1-4H3,(H,24,25). The lowest BCUT2D eigenvalue weighted by molar-refractivity contribution is -0.148. The Morgan fingerprint density at radius 1 is 1.28 bits per heavy atom. The van der Waals surface area contributed by atoms with Gasteiger partial charge in [-0.25, -0.2) is 9.37 Å². The van der Waals surface area contributed by atoms with E-state index >= 15 is 4.39 Å². The highest BCUT2D eigenvalue weighted by Gasteiger charge is 2.32. The normalized spacial score (nSPS) is 19.6. The Labute approximate surface area is 170 Å². The van der Waals surface area contributed by atoms with Crippen molar-refractivity contribution in [2.24, 2.45) is 0 Å². The first-order valence-corrected chi connectivity index (χ1v) is 10.3. The van der Waals surface area contributed by atoms with Crippen molar-refractivity contribution >= 4 is 28.2 Å². The molecule has 1 aromatic carbocycles. The minimum absolute atomic E-state index is 0.270. The monoisotopic (exact) mass is 400 g/mol. The lowest BCUT2D eigenvalue weighted by atomic mass is 10.0. The zero-order chi connectivity index (χ0) is 20.9. The molecule has 0 spiro atoms. The maximum absolute atomic E-state index is 15.1. The van der Waals surface area contributed by atoms with Gasteiger partial charge in [-0.1, -0.05) is 6.92 Å². The number of hydrogen-bond acceptors (Lipinski definition) is 5. The van der Waals surface area contributed by atoms with Crippen LogP contribution < -0.4 is 10.2 Å². The molecule has 7 heteroatoms. The van der Waals surface area contributed by atoms with Crippen LogP contribution in [0.25, 0.3) is 10.9 Å². The summed E-state index contributed by atoms with van der Waals surface area (Å²) in [5.74, 6) is -0.235. The Hall–Kier alpha value is -2.41. The van der Waals surface area contributed by atoms with Gasteiger partial charge in [-0.3, -0.25) is 4.79 Å². The summed E-state index contributed by atoms with van der Waals surface area (Å²) in [7, 11) is 1.88. The summed E-state index contributed by atoms with van der Waals surface area (Å²) in [5.41, 5.74) is 3.03. The van der Waals surface area contributed by atoms with Gasteiger partial charge in [0, 0.05) is 55.7 Å². The zero-order valence-corrected chi connectivity index (χ0v) is 17.5. The third kappa shape index (κ3) is 3.41. The molecule has 2 aromatic rings. The van der Waals surface area contributed by atoms with Gasteiger partial charge >= 0.3 is 0 Å². The molecule has 2 aliphatic rings. The predicted molar refractivity (Wildman–Crippen MR) is 113 cm³/mol. The molecule has 1 aromatic heterocycles. The van der Waals surface area contributed by atoms with Crippen LogP contribution in [0.4, 0.5) is 15.8 Å². The molecule has 1 saturated heterocycles. The number of piperazine rings is 1. The number of carbonyl (C=O) groups is 1. The number of nitrogens with zero attached hydrogens (tertiary/aromatic N) is 3. The van der Waals surface area contributed by atoms with E-state index in [-0.39, 0.29) is 11.7 Å². The highest BCUT2D eigenvalue weighted by molar-refractivity contribution is 5.96. The maximum atomic E-state index is 15.1. The van der Waals surface area contributed by atoms with Gasteiger partial charge in [0.1, 0.15) is 11.1 Å². The topological polar surface area (TPSA) is 68.7 Å². The minimum Gasteiger partial charge on any atom is -0.387 e. The number of pyridine rings is 1. The van der Waals surface area contributed by atoms with Crippen LogP contribution in [0, 0.1) is 5.82 Å². The number of aromatic nitrogens is 1. The highest BCUT2D eigenvalue weighted by atomic mass is 19.1. The summed E-state index contributed by atoms with van der Waals surface area (Å²) in [4.78, 5) is 20.7. The molecular weight excluding hydrogens is 371 g/mol. The van der Waals surface area contributed by atoms with E-state index in [0.29, 0.717) is 37.6 Å². The summed E-state index contributed by atoms with van der Waals surface area (Å²) in [6.07, 6.45) is 2.00. The van der Waals surface area contributed by atoms with E-state index in [1.807, 2.05) is 13.1 Å². The second-order valence-electron chi connectivity index (χ2n) is 8.70. The van der Waals surface area contributed by atoms with Crippen molar-refractivity contribution in [1.29, 1.82) is 0 Å². The van der Waals surface area contributed by atoms with Crippen LogP contribution in [0.1, 0.15) is 44.4 Å². The van der Waals surface area contributed by atoms with Crippen molar-refractivity contribution in [3.05, 3.63) is 29.2 Å². The lowest BCUT2D eigenvalue weighted by Gasteiger charge is -2.38. The number of aliphatic hydroxyl groups is 1. The van der Waals surface area contributed by atoms with Crippen LogP contribution in [-0.2, 0) is 11.2 Å². The Morgan fingerprint density at radius 2 is 1.97 bits per heavy atom. The number of halogens is 1. The van der Waals surface area contributed by atoms with Gasteiger partial charge in [-0.2, -0.15) is 0 Å². The molecule has 0 radical (unpaired) electrons. The summed E-state index contributed by atoms with van der Waals surface area (Å²) >= 11 is 0. The van der Waals surface area contributed by atoms with Crippen molar-refractivity contribution < 1.29 is 14.3 Å². The third-order valence-corrected chi connectivity index (χ3v) is 6.16. The minimum atomic E-state index is -1.37. The summed E-state index contributed by atoms with van der Waals surface area (Å²) in [5, 5.41) is 14.1. The summed E-state index contributed by atoms with van der Waals surface area (Å²) < 4.78 is 15.1. The zero-order valence-electron chi connectivity index (χ0n) is 17.5. The van der Waals surface area contributed by atoms with Crippen LogP contribution in [-0.4, -0.2) is 59.7 Å². The number of benzene rings is 1. The van der Waals surface area contributed by atoms with E-state index in [1.54, 1.807) is 11.0 Å². The van der Waals surface area contributed by atoms with Crippen molar-refractivity contribution in [2.75, 3.05) is 43.4 Å². The molecule has 29 heavy (non-hydrogen) atoms. The molecule has 0 saturated carbocycles. The van der Waals surface area contributed by atoms with Crippen molar-refractivity contribution in [3.63, 3.8) is 0 Å². The van der Waals surface area contributed by atoms with Crippen molar-refractivity contribution in [3.8, 4) is 0 Å². The molecule has 1 fully saturated rings. The number of nitrogens with one attached hydrogen (secondary N) is 1. The van der Waals surface area contributed by atoms with Crippen LogP contribution in [0.15, 0.2) is 12.1 Å². The third-order valence-electron chi connectivity index (χ3n) is 6.16. The average Bonchev–Trinajstić information content (AvgIpc) is 3.06. The molecule has 2 heterocycles. The second kappa shape index (κ2) is 7.13. The van der Waals surface area contributed by atoms with Crippen LogP contribution in [0.3, 0.4) is 0 Å². The Bertz CT molecular complexity index is 962. The van der Waals surface area contributed by atoms with E-state index in [4.69, 9.17) is 0 Å². The molecule has 1 aliphatic heterocycles. The van der Waals surface area contributed by atoms with Gasteiger partial charge in [-0.15, -0.1) is 0 Å². The summed E-state index contributed by atoms with van der Waals surface area (Å²) in [6, 6.07) is 3.56. The fraction of sp³-hybridized carbons (Fsp3) is 0.545. The molecule has 156 valence electrons. The first-order chi connectivity index (χ1) is 13.7. The van der Waals surface area contributed by atoms with Crippen molar-refractivity contribution in [1.82, 2.24) is 9.88 Å². The molecule has 6 nitrogen and oxygen atoms in total. The van der Waals surface area contributed by atoms with Gasteiger partial charge in [0.05, 0.1) is 0 Å². The average molecular weight is 400 g/mol. The van der Waals surface area contributed by atoms with E-state index in [2.05, 4.69) is 22.1 Å². The number of fused-ring (bicyclic) bond motifs is 2. The van der Waals surface area contributed by atoms with Gasteiger partial charge < -0.3 is 20.2 Å². The van der Waals surface area contributed by atoms with E-state index < -0.39 is 5.60 Å². The Morgan fingerprint density at radius 3 is 2.59 bits per heavy atom. The molecular formula is C22H29FN4O2. The van der Waals surface area contributed by atoms with Gasteiger partial charge in [0.2, 0.25) is 0 Å². The molecule has 4 rings (SSSR count). The molecule has 0 bridgehead atoms. The number of hydrogen-bond donors (Lipinski definition) is 2. The number of carbonyl (C=O) groups excluding carboxylic acids is 1. The molecule has 1 amide bonds. The van der Waals surface area contributed by atoms with Gasteiger partial charge in [0.25, 0.3) is 5.91 Å². The highest BCUT2D eigenvalue weighted by Crippen LogP contribution is 2.41. The van der Waals surface area contributed by atoms with Crippen LogP contribution >= 0.6 is 0 Å². The first-order valence-electron chi connectivity index (χ1n) is 10.3. The molecule has 1 unspecified atom stereocenters. The Balaban J connectivity index is 1.66. The van der Waals surface area contributed by atoms with Gasteiger partial charge in [0.15, 0.2) is 5.82 Å². The SMILES string of the molecule is CNc1c2c(nc3c(F)cc(N4CCN(C(=O)C(C)(C)O)CC4)cc13)C(C)CC2. The second-order valence-corrected chi connectivity index (χ2v) is 8.70. The van der Waals surface area contributed by atoms with Crippen LogP contribution in [0.2, 0.25) is 0 Å². The van der Waals surface area contributed by atoms with Crippen LogP contribution in [0.5, 0.6) is 0 Å². The number of amides is 1. The van der Waals surface area contributed by atoms with Gasteiger partial charge in [-0.05, 0) is 50.3 Å². The first kappa shape index (κ1) is 19.9. The lowest BCUT2D eigenvalue weighted by Crippen LogP contribution is -2.54. The van der Waals surface area contributed by atoms with Crippen molar-refractivity contribution in [2.45, 2.75) is 45.1 Å². The maximum Gasteiger partial charge on any atom is 0.254 e. The smallest absolute Gasteiger partial charge is 0.254 e. The predicted octanol–water partition coefficient (Wildman–Crippen LogP) is 2.88. The molecule has 2 N–H and O–H groups in total.